The fourth-order valence-corrected chi connectivity index (χ4v) is 5.94. The monoisotopic (exact) mass is 560 g/mol. The Hall–Kier alpha value is -4.64. The van der Waals surface area contributed by atoms with Gasteiger partial charge in [-0.05, 0) is 48.5 Å². The minimum Gasteiger partial charge on any atom is -0.493 e. The van der Waals surface area contributed by atoms with E-state index in [9.17, 15) is 18.0 Å². The standard InChI is InChI=1S/C29H28N4O6S/c1-38-24-9-4-8-23(27(24)39-2)29(35)33-18-16-32(17-19-33)28(34)21-11-13-22(14-12-21)31-40(36,37)25-10-3-6-20-7-5-15-30-26(20)25/h3-15,31H,16-19H2,1-2H3. The van der Waals surface area contributed by atoms with E-state index in [0.717, 1.165) is 5.39 Å². The molecule has 4 aromatic rings. The normalized spacial score (nSPS) is 13.7. The Labute approximate surface area is 232 Å². The van der Waals surface area contributed by atoms with Gasteiger partial charge in [0.05, 0.1) is 25.3 Å². The number of pyridine rings is 1. The zero-order chi connectivity index (χ0) is 28.3. The molecule has 3 aromatic carbocycles. The zero-order valence-corrected chi connectivity index (χ0v) is 22.8. The Morgan fingerprint density at radius 1 is 0.800 bits per heavy atom. The number of hydrogen-bond donors (Lipinski definition) is 1. The molecule has 0 bridgehead atoms. The average molecular weight is 561 g/mol. The van der Waals surface area contributed by atoms with Gasteiger partial charge in [0.2, 0.25) is 0 Å². The lowest BCUT2D eigenvalue weighted by molar-refractivity contribution is 0.0533. The lowest BCUT2D eigenvalue weighted by Gasteiger charge is -2.35. The number of amides is 2. The summed E-state index contributed by atoms with van der Waals surface area (Å²) in [7, 11) is -0.900. The number of para-hydroxylation sites is 2. The number of piperazine rings is 1. The summed E-state index contributed by atoms with van der Waals surface area (Å²) in [6, 6.07) is 19.9. The first kappa shape index (κ1) is 26.9. The van der Waals surface area contributed by atoms with Crippen molar-refractivity contribution in [3.63, 3.8) is 0 Å². The highest BCUT2D eigenvalue weighted by molar-refractivity contribution is 7.93. The minimum absolute atomic E-state index is 0.0738. The molecular formula is C29H28N4O6S. The highest BCUT2D eigenvalue weighted by atomic mass is 32.2. The fraction of sp³-hybridized carbons (Fsp3) is 0.207. The van der Waals surface area contributed by atoms with Crippen molar-refractivity contribution in [1.82, 2.24) is 14.8 Å². The number of methoxy groups -OCH3 is 2. The maximum absolute atomic E-state index is 13.1. The van der Waals surface area contributed by atoms with Crippen LogP contribution in [-0.2, 0) is 10.0 Å². The molecule has 0 saturated carbocycles. The van der Waals surface area contributed by atoms with Crippen molar-refractivity contribution in [3.8, 4) is 11.5 Å². The Morgan fingerprint density at radius 2 is 1.45 bits per heavy atom. The molecule has 1 saturated heterocycles. The SMILES string of the molecule is COc1cccc(C(=O)N2CCN(C(=O)c3ccc(NS(=O)(=O)c4cccc5cccnc45)cc3)CC2)c1OC. The van der Waals surface area contributed by atoms with Crippen LogP contribution in [0, 0.1) is 0 Å². The molecule has 1 fully saturated rings. The van der Waals surface area contributed by atoms with Crippen LogP contribution in [0.3, 0.4) is 0 Å². The molecule has 11 heteroatoms. The number of rotatable bonds is 7. The zero-order valence-electron chi connectivity index (χ0n) is 22.0. The number of hydrogen-bond acceptors (Lipinski definition) is 7. The molecule has 1 N–H and O–H groups in total. The molecule has 5 rings (SSSR count). The maximum atomic E-state index is 13.1. The van der Waals surface area contributed by atoms with Crippen molar-refractivity contribution in [2.75, 3.05) is 45.1 Å². The summed E-state index contributed by atoms with van der Waals surface area (Å²) in [4.78, 5) is 33.9. The lowest BCUT2D eigenvalue weighted by atomic mass is 10.1. The van der Waals surface area contributed by atoms with Crippen LogP contribution in [0.2, 0.25) is 0 Å². The van der Waals surface area contributed by atoms with Crippen LogP contribution < -0.4 is 14.2 Å². The van der Waals surface area contributed by atoms with E-state index in [1.807, 2.05) is 0 Å². The largest absolute Gasteiger partial charge is 0.493 e. The van der Waals surface area contributed by atoms with Crippen molar-refractivity contribution in [3.05, 3.63) is 90.1 Å². The molecule has 40 heavy (non-hydrogen) atoms. The molecule has 0 spiro atoms. The molecule has 0 atom stereocenters. The van der Waals surface area contributed by atoms with E-state index in [-0.39, 0.29) is 16.7 Å². The summed E-state index contributed by atoms with van der Waals surface area (Å²) in [5.74, 6) is 0.460. The van der Waals surface area contributed by atoms with Gasteiger partial charge in [-0.25, -0.2) is 8.42 Å². The Balaban J connectivity index is 1.23. The van der Waals surface area contributed by atoms with E-state index in [0.29, 0.717) is 60.0 Å². The van der Waals surface area contributed by atoms with E-state index in [2.05, 4.69) is 9.71 Å². The van der Waals surface area contributed by atoms with Gasteiger partial charge in [0.25, 0.3) is 21.8 Å². The molecule has 0 radical (unpaired) electrons. The van der Waals surface area contributed by atoms with E-state index in [1.54, 1.807) is 82.7 Å². The highest BCUT2D eigenvalue weighted by Gasteiger charge is 2.28. The van der Waals surface area contributed by atoms with Crippen LogP contribution in [0.4, 0.5) is 5.69 Å². The smallest absolute Gasteiger partial charge is 0.264 e. The number of carbonyl (C=O) groups excluding carboxylic acids is 2. The summed E-state index contributed by atoms with van der Waals surface area (Å²) < 4.78 is 39.4. The summed E-state index contributed by atoms with van der Waals surface area (Å²) in [5.41, 5.74) is 1.53. The van der Waals surface area contributed by atoms with Crippen LogP contribution in [0.5, 0.6) is 11.5 Å². The second-order valence-electron chi connectivity index (χ2n) is 9.14. The average Bonchev–Trinajstić information content (AvgIpc) is 2.99. The molecule has 2 amide bonds. The number of fused-ring (bicyclic) bond motifs is 1. The minimum atomic E-state index is -3.90. The number of anilines is 1. The van der Waals surface area contributed by atoms with E-state index >= 15 is 0 Å². The number of nitrogens with one attached hydrogen (secondary N) is 1. The van der Waals surface area contributed by atoms with E-state index in [4.69, 9.17) is 9.47 Å². The summed E-state index contributed by atoms with van der Waals surface area (Å²) in [6.07, 6.45) is 1.55. The predicted molar refractivity (Wildman–Crippen MR) is 150 cm³/mol. The molecule has 1 aromatic heterocycles. The summed E-state index contributed by atoms with van der Waals surface area (Å²) in [5, 5.41) is 0.718. The quantitative estimate of drug-likeness (QED) is 0.367. The third-order valence-corrected chi connectivity index (χ3v) is 8.17. The number of aromatic nitrogens is 1. The lowest BCUT2D eigenvalue weighted by Crippen LogP contribution is -2.50. The van der Waals surface area contributed by atoms with Crippen molar-refractivity contribution in [1.29, 1.82) is 0 Å². The van der Waals surface area contributed by atoms with Gasteiger partial charge in [-0.2, -0.15) is 0 Å². The molecular weight excluding hydrogens is 532 g/mol. The second-order valence-corrected chi connectivity index (χ2v) is 10.8. The topological polar surface area (TPSA) is 118 Å². The van der Waals surface area contributed by atoms with Gasteiger partial charge in [0, 0.05) is 49.0 Å². The summed E-state index contributed by atoms with van der Waals surface area (Å²) >= 11 is 0. The molecule has 10 nitrogen and oxygen atoms in total. The number of benzene rings is 3. The first-order valence-electron chi connectivity index (χ1n) is 12.6. The van der Waals surface area contributed by atoms with Gasteiger partial charge < -0.3 is 19.3 Å². The fourth-order valence-electron chi connectivity index (χ4n) is 4.71. The number of carbonyl (C=O) groups is 2. The predicted octanol–water partition coefficient (Wildman–Crippen LogP) is 3.65. The van der Waals surface area contributed by atoms with Gasteiger partial charge in [0.1, 0.15) is 4.90 Å². The molecule has 1 aliphatic rings. The van der Waals surface area contributed by atoms with Gasteiger partial charge >= 0.3 is 0 Å². The third kappa shape index (κ3) is 5.28. The molecule has 0 aliphatic carbocycles. The Kier molecular flexibility index (Phi) is 7.56. The van der Waals surface area contributed by atoms with Crippen LogP contribution in [0.25, 0.3) is 10.9 Å². The van der Waals surface area contributed by atoms with Gasteiger partial charge in [0.15, 0.2) is 11.5 Å². The van der Waals surface area contributed by atoms with Crippen molar-refractivity contribution in [2.45, 2.75) is 4.90 Å². The van der Waals surface area contributed by atoms with Gasteiger partial charge in [-0.3, -0.25) is 19.3 Å². The first-order valence-corrected chi connectivity index (χ1v) is 14.1. The highest BCUT2D eigenvalue weighted by Crippen LogP contribution is 2.32. The van der Waals surface area contributed by atoms with Crippen molar-refractivity contribution >= 4 is 38.4 Å². The second kappa shape index (κ2) is 11.2. The molecule has 1 aliphatic heterocycles. The molecule has 2 heterocycles. The molecule has 0 unspecified atom stereocenters. The van der Waals surface area contributed by atoms with Gasteiger partial charge in [-0.1, -0.05) is 24.3 Å². The van der Waals surface area contributed by atoms with Gasteiger partial charge in [-0.15, -0.1) is 0 Å². The van der Waals surface area contributed by atoms with Crippen LogP contribution in [0.1, 0.15) is 20.7 Å². The third-order valence-electron chi connectivity index (χ3n) is 6.76. The Morgan fingerprint density at radius 3 is 2.12 bits per heavy atom. The van der Waals surface area contributed by atoms with E-state index in [1.165, 1.54) is 20.3 Å². The maximum Gasteiger partial charge on any atom is 0.264 e. The van der Waals surface area contributed by atoms with Crippen LogP contribution in [-0.4, -0.2) is 75.4 Å². The number of sulfonamides is 1. The Bertz CT molecular complexity index is 1660. The first-order chi connectivity index (χ1) is 19.3. The number of nitrogens with zero attached hydrogens (tertiary/aromatic N) is 3. The van der Waals surface area contributed by atoms with E-state index < -0.39 is 10.0 Å². The number of ether oxygens (including phenoxy) is 2. The van der Waals surface area contributed by atoms with Crippen LogP contribution in [0.15, 0.2) is 83.9 Å². The van der Waals surface area contributed by atoms with Crippen molar-refractivity contribution in [2.24, 2.45) is 0 Å². The molecule has 206 valence electrons. The van der Waals surface area contributed by atoms with Crippen LogP contribution >= 0.6 is 0 Å². The summed E-state index contributed by atoms with van der Waals surface area (Å²) in [6.45, 7) is 1.45. The van der Waals surface area contributed by atoms with Crippen molar-refractivity contribution < 1.29 is 27.5 Å².